The summed E-state index contributed by atoms with van der Waals surface area (Å²) < 4.78 is 2.32. The van der Waals surface area contributed by atoms with E-state index in [9.17, 15) is 4.79 Å². The van der Waals surface area contributed by atoms with Crippen molar-refractivity contribution in [2.24, 2.45) is 5.73 Å². The number of amides is 1. The summed E-state index contributed by atoms with van der Waals surface area (Å²) in [6.07, 6.45) is 0. The molecule has 0 bridgehead atoms. The van der Waals surface area contributed by atoms with Crippen molar-refractivity contribution in [1.29, 1.82) is 0 Å². The number of benzene rings is 4. The lowest BCUT2D eigenvalue weighted by atomic mass is 10.00. The summed E-state index contributed by atoms with van der Waals surface area (Å²) in [6, 6.07) is 27.3. The molecule has 0 unspecified atom stereocenters. The number of primary amides is 1. The van der Waals surface area contributed by atoms with E-state index in [1.807, 2.05) is 12.1 Å². The van der Waals surface area contributed by atoms with Crippen LogP contribution in [0.1, 0.15) is 41.3 Å². The van der Waals surface area contributed by atoms with Gasteiger partial charge in [0, 0.05) is 28.4 Å². The van der Waals surface area contributed by atoms with Gasteiger partial charge in [0.05, 0.1) is 5.52 Å². The minimum Gasteiger partial charge on any atom is -0.366 e. The molecule has 30 heavy (non-hydrogen) atoms. The predicted molar refractivity (Wildman–Crippen MR) is 125 cm³/mol. The molecule has 1 amide bonds. The van der Waals surface area contributed by atoms with Crippen molar-refractivity contribution < 1.29 is 4.79 Å². The molecule has 3 heteroatoms. The first-order chi connectivity index (χ1) is 14.5. The fourth-order valence-electron chi connectivity index (χ4n) is 4.50. The monoisotopic (exact) mass is 392 g/mol. The van der Waals surface area contributed by atoms with Crippen LogP contribution in [0.3, 0.4) is 0 Å². The van der Waals surface area contributed by atoms with E-state index in [0.717, 1.165) is 28.4 Å². The van der Waals surface area contributed by atoms with E-state index in [0.29, 0.717) is 11.5 Å². The Kier molecular flexibility index (Phi) is 4.32. The summed E-state index contributed by atoms with van der Waals surface area (Å²) in [5.74, 6) is 0.0341. The maximum Gasteiger partial charge on any atom is 0.249 e. The molecule has 3 nitrogen and oxygen atoms in total. The van der Waals surface area contributed by atoms with E-state index in [-0.39, 0.29) is 0 Å². The van der Waals surface area contributed by atoms with Crippen molar-refractivity contribution in [3.8, 4) is 0 Å². The standard InChI is InChI=1S/C27H24N2O/c1-17(2)19-13-14-22-25(15-19)29(24-12-6-11-23(26(22)24)27(28)30)16-20-9-5-8-18-7-3-4-10-21(18)20/h3-15,17H,16H2,1-2H3,(H2,28,30). The second-order valence-electron chi connectivity index (χ2n) is 8.22. The van der Waals surface area contributed by atoms with Crippen LogP contribution in [-0.4, -0.2) is 10.5 Å². The zero-order valence-corrected chi connectivity index (χ0v) is 17.2. The van der Waals surface area contributed by atoms with Gasteiger partial charge in [-0.2, -0.15) is 0 Å². The van der Waals surface area contributed by atoms with Gasteiger partial charge in [-0.25, -0.2) is 0 Å². The summed E-state index contributed by atoms with van der Waals surface area (Å²) in [6.45, 7) is 5.13. The van der Waals surface area contributed by atoms with Gasteiger partial charge in [0.25, 0.3) is 0 Å². The predicted octanol–water partition coefficient (Wildman–Crippen LogP) is 6.22. The Labute approximate surface area is 175 Å². The number of hydrogen-bond acceptors (Lipinski definition) is 1. The van der Waals surface area contributed by atoms with Crippen molar-refractivity contribution in [2.45, 2.75) is 26.3 Å². The molecule has 0 aliphatic rings. The zero-order valence-electron chi connectivity index (χ0n) is 17.2. The Morgan fingerprint density at radius 3 is 2.43 bits per heavy atom. The van der Waals surface area contributed by atoms with Gasteiger partial charge in [0.15, 0.2) is 0 Å². The number of carbonyl (C=O) groups is 1. The van der Waals surface area contributed by atoms with Gasteiger partial charge in [-0.15, -0.1) is 0 Å². The molecule has 0 aliphatic heterocycles. The molecule has 5 aromatic rings. The first kappa shape index (κ1) is 18.4. The quantitative estimate of drug-likeness (QED) is 0.388. The molecule has 0 atom stereocenters. The average Bonchev–Trinajstić information content (AvgIpc) is 3.07. The number of nitrogens with two attached hydrogens (primary N) is 1. The van der Waals surface area contributed by atoms with E-state index >= 15 is 0 Å². The van der Waals surface area contributed by atoms with Crippen molar-refractivity contribution in [1.82, 2.24) is 4.57 Å². The highest BCUT2D eigenvalue weighted by atomic mass is 16.1. The normalized spacial score (nSPS) is 11.7. The van der Waals surface area contributed by atoms with Crippen LogP contribution in [-0.2, 0) is 6.54 Å². The van der Waals surface area contributed by atoms with Crippen LogP contribution in [0.15, 0.2) is 78.9 Å². The van der Waals surface area contributed by atoms with E-state index in [1.54, 1.807) is 0 Å². The molecular formula is C27H24N2O. The van der Waals surface area contributed by atoms with Crippen LogP contribution in [0.4, 0.5) is 0 Å². The van der Waals surface area contributed by atoms with E-state index in [1.165, 1.54) is 21.9 Å². The third kappa shape index (κ3) is 2.86. The van der Waals surface area contributed by atoms with Gasteiger partial charge < -0.3 is 10.3 Å². The molecule has 1 heterocycles. The SMILES string of the molecule is CC(C)c1ccc2c3c(C(N)=O)cccc3n(Cc3cccc4ccccc34)c2c1. The lowest BCUT2D eigenvalue weighted by Crippen LogP contribution is -2.11. The largest absolute Gasteiger partial charge is 0.366 e. The first-order valence-corrected chi connectivity index (χ1v) is 10.4. The van der Waals surface area contributed by atoms with Crippen LogP contribution >= 0.6 is 0 Å². The molecular weight excluding hydrogens is 368 g/mol. The lowest BCUT2D eigenvalue weighted by Gasteiger charge is -2.12. The van der Waals surface area contributed by atoms with Crippen LogP contribution < -0.4 is 5.73 Å². The second kappa shape index (κ2) is 7.03. The van der Waals surface area contributed by atoms with Gasteiger partial charge in [0.1, 0.15) is 0 Å². The molecule has 0 spiro atoms. The second-order valence-corrected chi connectivity index (χ2v) is 8.22. The molecule has 0 fully saturated rings. The summed E-state index contributed by atoms with van der Waals surface area (Å²) in [5, 5.41) is 4.50. The summed E-state index contributed by atoms with van der Waals surface area (Å²) >= 11 is 0. The summed E-state index contributed by atoms with van der Waals surface area (Å²) in [4.78, 5) is 12.2. The van der Waals surface area contributed by atoms with Crippen molar-refractivity contribution in [3.05, 3.63) is 95.6 Å². The topological polar surface area (TPSA) is 48.0 Å². The van der Waals surface area contributed by atoms with E-state index in [4.69, 9.17) is 5.73 Å². The molecule has 2 N–H and O–H groups in total. The Bertz CT molecular complexity index is 1420. The Hall–Kier alpha value is -3.59. The molecule has 0 saturated carbocycles. The fraction of sp³-hybridized carbons (Fsp3) is 0.148. The van der Waals surface area contributed by atoms with E-state index in [2.05, 4.69) is 85.1 Å². The van der Waals surface area contributed by atoms with Crippen LogP contribution in [0.5, 0.6) is 0 Å². The third-order valence-corrected chi connectivity index (χ3v) is 6.06. The molecule has 0 radical (unpaired) electrons. The van der Waals surface area contributed by atoms with Crippen LogP contribution in [0, 0.1) is 0 Å². The van der Waals surface area contributed by atoms with Gasteiger partial charge >= 0.3 is 0 Å². The molecule has 1 aromatic heterocycles. The maximum absolute atomic E-state index is 12.2. The number of rotatable bonds is 4. The Morgan fingerprint density at radius 2 is 1.63 bits per heavy atom. The average molecular weight is 393 g/mol. The summed E-state index contributed by atoms with van der Waals surface area (Å²) in [5.41, 5.74) is 11.0. The summed E-state index contributed by atoms with van der Waals surface area (Å²) in [7, 11) is 0. The molecule has 4 aromatic carbocycles. The molecule has 0 aliphatic carbocycles. The highest BCUT2D eigenvalue weighted by molar-refractivity contribution is 6.18. The van der Waals surface area contributed by atoms with E-state index < -0.39 is 5.91 Å². The number of carbonyl (C=O) groups excluding carboxylic acids is 1. The van der Waals surface area contributed by atoms with Crippen LogP contribution in [0.25, 0.3) is 32.6 Å². The third-order valence-electron chi connectivity index (χ3n) is 6.06. The highest BCUT2D eigenvalue weighted by Crippen LogP contribution is 2.34. The number of nitrogens with zero attached hydrogens (tertiary/aromatic N) is 1. The van der Waals surface area contributed by atoms with Crippen molar-refractivity contribution in [2.75, 3.05) is 0 Å². The minimum atomic E-state index is -0.391. The van der Waals surface area contributed by atoms with Crippen LogP contribution in [0.2, 0.25) is 0 Å². The van der Waals surface area contributed by atoms with Gasteiger partial charge in [-0.05, 0) is 46.0 Å². The van der Waals surface area contributed by atoms with Gasteiger partial charge in [-0.3, -0.25) is 4.79 Å². The van der Waals surface area contributed by atoms with Crippen molar-refractivity contribution in [3.63, 3.8) is 0 Å². The zero-order chi connectivity index (χ0) is 20.8. The molecule has 148 valence electrons. The lowest BCUT2D eigenvalue weighted by molar-refractivity contribution is 0.100. The van der Waals surface area contributed by atoms with Gasteiger partial charge in [-0.1, -0.05) is 74.5 Å². The highest BCUT2D eigenvalue weighted by Gasteiger charge is 2.18. The maximum atomic E-state index is 12.2. The van der Waals surface area contributed by atoms with Gasteiger partial charge in [0.2, 0.25) is 5.91 Å². The number of fused-ring (bicyclic) bond motifs is 4. The number of hydrogen-bond donors (Lipinski definition) is 1. The first-order valence-electron chi connectivity index (χ1n) is 10.4. The Balaban J connectivity index is 1.84. The molecule has 5 rings (SSSR count). The smallest absolute Gasteiger partial charge is 0.249 e. The minimum absolute atomic E-state index is 0.391. The fourth-order valence-corrected chi connectivity index (χ4v) is 4.50. The van der Waals surface area contributed by atoms with Crippen molar-refractivity contribution >= 4 is 38.5 Å². The number of aromatic nitrogens is 1. The molecule has 0 saturated heterocycles. The Morgan fingerprint density at radius 1 is 0.867 bits per heavy atom.